The average molecular weight is 257 g/mol. The number of aryl methyl sites for hydroxylation is 2. The fourth-order valence-corrected chi connectivity index (χ4v) is 2.37. The highest BCUT2D eigenvalue weighted by atomic mass is 15.3. The van der Waals surface area contributed by atoms with Gasteiger partial charge in [0.1, 0.15) is 5.82 Å². The second-order valence-corrected chi connectivity index (χ2v) is 6.38. The third-order valence-electron chi connectivity index (χ3n) is 3.28. The van der Waals surface area contributed by atoms with Crippen LogP contribution in [-0.4, -0.2) is 9.78 Å². The van der Waals surface area contributed by atoms with Gasteiger partial charge in [-0.15, -0.1) is 0 Å². The standard InChI is InChI=1S/C16H23N3/c1-11-8-6-7-9-12(11)14-13(10-16(2,3)4)18-19(5)15(14)17/h6-9H,10,17H2,1-5H3. The quantitative estimate of drug-likeness (QED) is 0.894. The molecule has 19 heavy (non-hydrogen) atoms. The van der Waals surface area contributed by atoms with Crippen LogP contribution in [0.1, 0.15) is 32.0 Å². The monoisotopic (exact) mass is 257 g/mol. The number of nitrogen functional groups attached to an aromatic ring is 1. The van der Waals surface area contributed by atoms with Gasteiger partial charge in [-0.1, -0.05) is 45.0 Å². The minimum Gasteiger partial charge on any atom is -0.383 e. The van der Waals surface area contributed by atoms with Crippen LogP contribution in [0, 0.1) is 12.3 Å². The van der Waals surface area contributed by atoms with Crippen molar-refractivity contribution in [3.05, 3.63) is 35.5 Å². The molecule has 0 amide bonds. The van der Waals surface area contributed by atoms with Crippen molar-refractivity contribution in [2.45, 2.75) is 34.1 Å². The summed E-state index contributed by atoms with van der Waals surface area (Å²) in [5.74, 6) is 0.744. The van der Waals surface area contributed by atoms with Gasteiger partial charge in [-0.05, 0) is 29.9 Å². The Morgan fingerprint density at radius 3 is 2.42 bits per heavy atom. The van der Waals surface area contributed by atoms with Crippen LogP contribution in [0.4, 0.5) is 5.82 Å². The van der Waals surface area contributed by atoms with Gasteiger partial charge in [0.15, 0.2) is 0 Å². The molecule has 2 rings (SSSR count). The lowest BCUT2D eigenvalue weighted by Crippen LogP contribution is -2.10. The van der Waals surface area contributed by atoms with E-state index in [2.05, 4.69) is 57.1 Å². The minimum atomic E-state index is 0.193. The third-order valence-corrected chi connectivity index (χ3v) is 3.28. The first-order valence-corrected chi connectivity index (χ1v) is 6.67. The normalized spacial score (nSPS) is 11.8. The Kier molecular flexibility index (Phi) is 3.40. The molecule has 0 aliphatic heterocycles. The highest BCUT2D eigenvalue weighted by Gasteiger charge is 2.21. The summed E-state index contributed by atoms with van der Waals surface area (Å²) < 4.78 is 1.78. The molecule has 0 radical (unpaired) electrons. The van der Waals surface area contributed by atoms with E-state index in [0.29, 0.717) is 0 Å². The van der Waals surface area contributed by atoms with Gasteiger partial charge >= 0.3 is 0 Å². The second kappa shape index (κ2) is 4.72. The summed E-state index contributed by atoms with van der Waals surface area (Å²) in [5.41, 5.74) is 11.0. The van der Waals surface area contributed by atoms with Crippen molar-refractivity contribution < 1.29 is 0 Å². The van der Waals surface area contributed by atoms with Gasteiger partial charge in [-0.3, -0.25) is 4.68 Å². The molecule has 0 saturated carbocycles. The van der Waals surface area contributed by atoms with Crippen molar-refractivity contribution in [2.24, 2.45) is 12.5 Å². The summed E-state index contributed by atoms with van der Waals surface area (Å²) in [7, 11) is 1.91. The summed E-state index contributed by atoms with van der Waals surface area (Å²) in [5, 5.41) is 4.60. The van der Waals surface area contributed by atoms with Crippen molar-refractivity contribution >= 4 is 5.82 Å². The fraction of sp³-hybridized carbons (Fsp3) is 0.438. The van der Waals surface area contributed by atoms with Crippen LogP contribution in [0.3, 0.4) is 0 Å². The first-order valence-electron chi connectivity index (χ1n) is 6.67. The van der Waals surface area contributed by atoms with E-state index in [1.165, 1.54) is 11.1 Å². The molecule has 1 heterocycles. The molecule has 0 fully saturated rings. The molecule has 0 saturated heterocycles. The van der Waals surface area contributed by atoms with Gasteiger partial charge in [-0.2, -0.15) is 5.10 Å². The van der Waals surface area contributed by atoms with E-state index in [1.807, 2.05) is 7.05 Å². The van der Waals surface area contributed by atoms with Gasteiger partial charge in [0, 0.05) is 12.6 Å². The smallest absolute Gasteiger partial charge is 0.129 e. The van der Waals surface area contributed by atoms with Crippen molar-refractivity contribution in [2.75, 3.05) is 5.73 Å². The van der Waals surface area contributed by atoms with Gasteiger partial charge in [0.05, 0.1) is 5.69 Å². The van der Waals surface area contributed by atoms with Crippen LogP contribution in [0.5, 0.6) is 0 Å². The molecular weight excluding hydrogens is 234 g/mol. The molecule has 2 aromatic rings. The summed E-state index contributed by atoms with van der Waals surface area (Å²) in [6, 6.07) is 8.34. The maximum Gasteiger partial charge on any atom is 0.129 e. The predicted molar refractivity (Wildman–Crippen MR) is 81.0 cm³/mol. The molecule has 0 aliphatic carbocycles. The predicted octanol–water partition coefficient (Wildman–Crippen LogP) is 3.57. The fourth-order valence-electron chi connectivity index (χ4n) is 2.37. The summed E-state index contributed by atoms with van der Waals surface area (Å²) in [6.07, 6.45) is 0.918. The van der Waals surface area contributed by atoms with Crippen LogP contribution in [0.2, 0.25) is 0 Å². The number of aromatic nitrogens is 2. The first-order chi connectivity index (χ1) is 8.79. The van der Waals surface area contributed by atoms with E-state index < -0.39 is 0 Å². The van der Waals surface area contributed by atoms with Gasteiger partial charge < -0.3 is 5.73 Å². The largest absolute Gasteiger partial charge is 0.383 e. The van der Waals surface area contributed by atoms with Crippen LogP contribution in [0.15, 0.2) is 24.3 Å². The molecule has 0 spiro atoms. The number of nitrogens with zero attached hydrogens (tertiary/aromatic N) is 2. The lowest BCUT2D eigenvalue weighted by Gasteiger charge is -2.17. The molecule has 0 bridgehead atoms. The lowest BCUT2D eigenvalue weighted by atomic mass is 9.87. The number of anilines is 1. The molecule has 2 N–H and O–H groups in total. The number of benzene rings is 1. The molecule has 0 unspecified atom stereocenters. The van der Waals surface area contributed by atoms with Crippen LogP contribution < -0.4 is 5.73 Å². The van der Waals surface area contributed by atoms with Gasteiger partial charge in [-0.25, -0.2) is 0 Å². The number of hydrogen-bond acceptors (Lipinski definition) is 2. The first kappa shape index (κ1) is 13.7. The van der Waals surface area contributed by atoms with Crippen molar-refractivity contribution in [3.8, 4) is 11.1 Å². The molecule has 3 nitrogen and oxygen atoms in total. The van der Waals surface area contributed by atoms with E-state index in [1.54, 1.807) is 4.68 Å². The zero-order valence-corrected chi connectivity index (χ0v) is 12.5. The summed E-state index contributed by atoms with van der Waals surface area (Å²) in [6.45, 7) is 8.78. The van der Waals surface area contributed by atoms with E-state index in [-0.39, 0.29) is 5.41 Å². The SMILES string of the molecule is Cc1ccccc1-c1c(CC(C)(C)C)nn(C)c1N. The van der Waals surface area contributed by atoms with Crippen molar-refractivity contribution in [1.82, 2.24) is 9.78 Å². The molecule has 102 valence electrons. The number of nitrogens with two attached hydrogens (primary N) is 1. The van der Waals surface area contributed by atoms with Gasteiger partial charge in [0.25, 0.3) is 0 Å². The minimum absolute atomic E-state index is 0.193. The van der Waals surface area contributed by atoms with E-state index in [0.717, 1.165) is 23.5 Å². The van der Waals surface area contributed by atoms with Crippen LogP contribution in [-0.2, 0) is 13.5 Å². The Balaban J connectivity index is 2.59. The van der Waals surface area contributed by atoms with Crippen molar-refractivity contribution in [1.29, 1.82) is 0 Å². The van der Waals surface area contributed by atoms with E-state index in [4.69, 9.17) is 5.73 Å². The maximum absolute atomic E-state index is 6.22. The Morgan fingerprint density at radius 1 is 1.21 bits per heavy atom. The molecule has 1 aromatic carbocycles. The number of rotatable bonds is 2. The Bertz CT molecular complexity index is 589. The Labute approximate surface area is 115 Å². The molecule has 0 aliphatic rings. The molecule has 3 heteroatoms. The Hall–Kier alpha value is -1.77. The lowest BCUT2D eigenvalue weighted by molar-refractivity contribution is 0.405. The molecule has 1 aromatic heterocycles. The summed E-state index contributed by atoms with van der Waals surface area (Å²) in [4.78, 5) is 0. The van der Waals surface area contributed by atoms with Gasteiger partial charge in [0.2, 0.25) is 0 Å². The van der Waals surface area contributed by atoms with E-state index >= 15 is 0 Å². The maximum atomic E-state index is 6.22. The van der Waals surface area contributed by atoms with E-state index in [9.17, 15) is 0 Å². The highest BCUT2D eigenvalue weighted by molar-refractivity contribution is 5.78. The zero-order chi connectivity index (χ0) is 14.2. The Morgan fingerprint density at radius 2 is 1.84 bits per heavy atom. The number of hydrogen-bond donors (Lipinski definition) is 1. The van der Waals surface area contributed by atoms with Crippen LogP contribution >= 0.6 is 0 Å². The average Bonchev–Trinajstić information content (AvgIpc) is 2.54. The summed E-state index contributed by atoms with van der Waals surface area (Å²) >= 11 is 0. The van der Waals surface area contributed by atoms with Crippen molar-refractivity contribution in [3.63, 3.8) is 0 Å². The third kappa shape index (κ3) is 2.80. The molecular formula is C16H23N3. The second-order valence-electron chi connectivity index (χ2n) is 6.38. The topological polar surface area (TPSA) is 43.8 Å². The zero-order valence-electron chi connectivity index (χ0n) is 12.5. The van der Waals surface area contributed by atoms with Crippen LogP contribution in [0.25, 0.3) is 11.1 Å². The highest BCUT2D eigenvalue weighted by Crippen LogP contribution is 2.34. The molecule has 0 atom stereocenters.